The Hall–Kier alpha value is -3.41. The van der Waals surface area contributed by atoms with Gasteiger partial charge in [-0.3, -0.25) is 9.59 Å². The molecule has 0 unspecified atom stereocenters. The molecule has 0 aliphatic rings. The van der Waals surface area contributed by atoms with Gasteiger partial charge in [0, 0.05) is 36.0 Å². The number of anilines is 1. The van der Waals surface area contributed by atoms with Crippen molar-refractivity contribution in [3.8, 4) is 5.69 Å². The maximum atomic E-state index is 12.5. The molecule has 3 aromatic rings. The number of hydrogen-bond donors (Lipinski definition) is 2. The number of carbonyl (C=O) groups is 2. The molecule has 0 saturated heterocycles. The van der Waals surface area contributed by atoms with Crippen molar-refractivity contribution < 1.29 is 9.59 Å². The van der Waals surface area contributed by atoms with E-state index in [2.05, 4.69) is 15.7 Å². The molecule has 27 heavy (non-hydrogen) atoms. The molecule has 1 aromatic heterocycles. The van der Waals surface area contributed by atoms with Crippen LogP contribution in [0, 0.1) is 13.8 Å². The fourth-order valence-electron chi connectivity index (χ4n) is 2.96. The summed E-state index contributed by atoms with van der Waals surface area (Å²) in [6, 6.07) is 16.7. The van der Waals surface area contributed by atoms with Gasteiger partial charge in [0.25, 0.3) is 5.91 Å². The summed E-state index contributed by atoms with van der Waals surface area (Å²) in [6.45, 7) is 5.74. The number of rotatable bonds is 5. The van der Waals surface area contributed by atoms with Gasteiger partial charge in [-0.1, -0.05) is 24.3 Å². The first-order valence-electron chi connectivity index (χ1n) is 8.72. The molecular formula is C21H22N4O2. The van der Waals surface area contributed by atoms with E-state index in [1.165, 1.54) is 6.92 Å². The summed E-state index contributed by atoms with van der Waals surface area (Å²) >= 11 is 0. The summed E-state index contributed by atoms with van der Waals surface area (Å²) < 4.78 is 1.88. The number of hydrogen-bond acceptors (Lipinski definition) is 3. The molecular weight excluding hydrogens is 340 g/mol. The first-order valence-corrected chi connectivity index (χ1v) is 8.72. The molecule has 0 fully saturated rings. The Morgan fingerprint density at radius 3 is 2.48 bits per heavy atom. The van der Waals surface area contributed by atoms with Gasteiger partial charge in [-0.25, -0.2) is 4.68 Å². The molecule has 6 nitrogen and oxygen atoms in total. The molecule has 0 saturated carbocycles. The third kappa shape index (κ3) is 4.23. The van der Waals surface area contributed by atoms with Gasteiger partial charge in [-0.2, -0.15) is 5.10 Å². The fourth-order valence-corrected chi connectivity index (χ4v) is 2.96. The highest BCUT2D eigenvalue weighted by Gasteiger charge is 2.14. The summed E-state index contributed by atoms with van der Waals surface area (Å²) in [6.07, 6.45) is 0. The van der Waals surface area contributed by atoms with Crippen LogP contribution in [0.1, 0.15) is 34.2 Å². The standard InChI is InChI=1S/C21H22N4O2/c1-14-20(15(2)25(24-14)19-10-5-4-6-11-19)13-22-21(27)17-8-7-9-18(12-17)23-16(3)26/h4-12H,13H2,1-3H3,(H,22,27)(H,23,26). The lowest BCUT2D eigenvalue weighted by molar-refractivity contribution is -0.114. The zero-order valence-corrected chi connectivity index (χ0v) is 15.6. The quantitative estimate of drug-likeness (QED) is 0.731. The second-order valence-corrected chi connectivity index (χ2v) is 6.34. The van der Waals surface area contributed by atoms with E-state index >= 15 is 0 Å². The minimum atomic E-state index is -0.200. The minimum absolute atomic E-state index is 0.174. The molecule has 0 spiro atoms. The SMILES string of the molecule is CC(=O)Nc1cccc(C(=O)NCc2c(C)nn(-c3ccccc3)c2C)c1. The van der Waals surface area contributed by atoms with Crippen molar-refractivity contribution >= 4 is 17.5 Å². The Labute approximate surface area is 158 Å². The van der Waals surface area contributed by atoms with E-state index in [9.17, 15) is 9.59 Å². The number of amides is 2. The number of nitrogens with zero attached hydrogens (tertiary/aromatic N) is 2. The zero-order chi connectivity index (χ0) is 19.4. The van der Waals surface area contributed by atoms with Crippen LogP contribution in [0.2, 0.25) is 0 Å². The monoisotopic (exact) mass is 362 g/mol. The van der Waals surface area contributed by atoms with E-state index in [-0.39, 0.29) is 11.8 Å². The number of aryl methyl sites for hydroxylation is 1. The van der Waals surface area contributed by atoms with E-state index in [0.29, 0.717) is 17.8 Å². The van der Waals surface area contributed by atoms with Crippen LogP contribution in [0.4, 0.5) is 5.69 Å². The van der Waals surface area contributed by atoms with Crippen molar-refractivity contribution in [2.24, 2.45) is 0 Å². The average molecular weight is 362 g/mol. The Balaban J connectivity index is 1.75. The lowest BCUT2D eigenvalue weighted by Crippen LogP contribution is -2.23. The number of nitrogens with one attached hydrogen (secondary N) is 2. The van der Waals surface area contributed by atoms with Crippen LogP contribution in [0.3, 0.4) is 0 Å². The van der Waals surface area contributed by atoms with E-state index in [4.69, 9.17) is 0 Å². The van der Waals surface area contributed by atoms with Gasteiger partial charge in [0.1, 0.15) is 0 Å². The van der Waals surface area contributed by atoms with Gasteiger partial charge in [-0.15, -0.1) is 0 Å². The van der Waals surface area contributed by atoms with Crippen molar-refractivity contribution in [3.05, 3.63) is 77.1 Å². The Morgan fingerprint density at radius 1 is 1.04 bits per heavy atom. The lowest BCUT2D eigenvalue weighted by Gasteiger charge is -2.08. The molecule has 0 aliphatic heterocycles. The third-order valence-electron chi connectivity index (χ3n) is 4.31. The van der Waals surface area contributed by atoms with Crippen molar-refractivity contribution in [3.63, 3.8) is 0 Å². The fraction of sp³-hybridized carbons (Fsp3) is 0.190. The highest BCUT2D eigenvalue weighted by Crippen LogP contribution is 2.18. The van der Waals surface area contributed by atoms with Crippen LogP contribution in [0.5, 0.6) is 0 Å². The molecule has 2 N–H and O–H groups in total. The smallest absolute Gasteiger partial charge is 0.251 e. The first kappa shape index (κ1) is 18.4. The molecule has 0 aliphatic carbocycles. The molecule has 1 heterocycles. The number of carbonyl (C=O) groups excluding carboxylic acids is 2. The predicted octanol–water partition coefficient (Wildman–Crippen LogP) is 3.38. The van der Waals surface area contributed by atoms with Crippen molar-refractivity contribution in [1.29, 1.82) is 0 Å². The summed E-state index contributed by atoms with van der Waals surface area (Å²) in [7, 11) is 0. The second-order valence-electron chi connectivity index (χ2n) is 6.34. The highest BCUT2D eigenvalue weighted by atomic mass is 16.2. The summed E-state index contributed by atoms with van der Waals surface area (Å²) in [5.74, 6) is -0.374. The van der Waals surface area contributed by atoms with Crippen LogP contribution in [-0.4, -0.2) is 21.6 Å². The molecule has 0 atom stereocenters. The predicted molar refractivity (Wildman–Crippen MR) is 105 cm³/mol. The van der Waals surface area contributed by atoms with Gasteiger partial charge in [0.05, 0.1) is 11.4 Å². The van der Waals surface area contributed by atoms with E-state index in [0.717, 1.165) is 22.6 Å². The first-order chi connectivity index (χ1) is 13.0. The lowest BCUT2D eigenvalue weighted by atomic mass is 10.1. The van der Waals surface area contributed by atoms with E-state index < -0.39 is 0 Å². The summed E-state index contributed by atoms with van der Waals surface area (Å²) in [5.41, 5.74) is 4.94. The minimum Gasteiger partial charge on any atom is -0.348 e. The van der Waals surface area contributed by atoms with Crippen molar-refractivity contribution in [2.45, 2.75) is 27.3 Å². The van der Waals surface area contributed by atoms with Crippen LogP contribution in [0.25, 0.3) is 5.69 Å². The van der Waals surface area contributed by atoms with Gasteiger partial charge in [-0.05, 0) is 44.2 Å². The Morgan fingerprint density at radius 2 is 1.78 bits per heavy atom. The largest absolute Gasteiger partial charge is 0.348 e. The summed E-state index contributed by atoms with van der Waals surface area (Å²) in [5, 5.41) is 10.2. The Bertz CT molecular complexity index is 977. The molecule has 2 amide bonds. The van der Waals surface area contributed by atoms with Crippen LogP contribution in [-0.2, 0) is 11.3 Å². The maximum Gasteiger partial charge on any atom is 0.251 e. The molecule has 2 aromatic carbocycles. The van der Waals surface area contributed by atoms with Gasteiger partial charge in [0.2, 0.25) is 5.91 Å². The third-order valence-corrected chi connectivity index (χ3v) is 4.31. The molecule has 0 bridgehead atoms. The zero-order valence-electron chi connectivity index (χ0n) is 15.6. The van der Waals surface area contributed by atoms with Gasteiger partial charge < -0.3 is 10.6 Å². The molecule has 0 radical (unpaired) electrons. The van der Waals surface area contributed by atoms with E-state index in [1.807, 2.05) is 48.9 Å². The van der Waals surface area contributed by atoms with Crippen LogP contribution >= 0.6 is 0 Å². The Kier molecular flexibility index (Phi) is 5.35. The van der Waals surface area contributed by atoms with Crippen LogP contribution in [0.15, 0.2) is 54.6 Å². The van der Waals surface area contributed by atoms with Gasteiger partial charge >= 0.3 is 0 Å². The maximum absolute atomic E-state index is 12.5. The van der Waals surface area contributed by atoms with E-state index in [1.54, 1.807) is 24.3 Å². The van der Waals surface area contributed by atoms with Gasteiger partial charge in [0.15, 0.2) is 0 Å². The molecule has 3 rings (SSSR count). The van der Waals surface area contributed by atoms with Crippen molar-refractivity contribution in [1.82, 2.24) is 15.1 Å². The number of para-hydroxylation sites is 1. The summed E-state index contributed by atoms with van der Waals surface area (Å²) in [4.78, 5) is 23.7. The van der Waals surface area contributed by atoms with Crippen LogP contribution < -0.4 is 10.6 Å². The van der Waals surface area contributed by atoms with Crippen molar-refractivity contribution in [2.75, 3.05) is 5.32 Å². The number of benzene rings is 2. The molecule has 6 heteroatoms. The highest BCUT2D eigenvalue weighted by molar-refractivity contribution is 5.96. The number of aromatic nitrogens is 2. The average Bonchev–Trinajstić information content (AvgIpc) is 2.94. The topological polar surface area (TPSA) is 76.0 Å². The normalized spacial score (nSPS) is 10.5. The molecule has 138 valence electrons. The second kappa shape index (κ2) is 7.86.